The van der Waals surface area contributed by atoms with Gasteiger partial charge in [-0.2, -0.15) is 5.10 Å². The number of rotatable bonds is 18. The van der Waals surface area contributed by atoms with Crippen molar-refractivity contribution in [2.75, 3.05) is 43.6 Å². The minimum Gasteiger partial charge on any atom is -0.382 e. The quantitative estimate of drug-likeness (QED) is 0.0439. The molecule has 1 atom stereocenters. The van der Waals surface area contributed by atoms with Crippen LogP contribution >= 0.6 is 0 Å². The number of imide groups is 2. The van der Waals surface area contributed by atoms with E-state index < -0.39 is 29.7 Å². The van der Waals surface area contributed by atoms with Crippen LogP contribution in [0.25, 0.3) is 33.1 Å². The highest BCUT2D eigenvalue weighted by molar-refractivity contribution is 6.25. The molecule has 0 spiro atoms. The van der Waals surface area contributed by atoms with Gasteiger partial charge in [0.05, 0.1) is 47.7 Å². The summed E-state index contributed by atoms with van der Waals surface area (Å²) < 4.78 is 18.9. The van der Waals surface area contributed by atoms with Crippen LogP contribution in [0.15, 0.2) is 40.9 Å². The van der Waals surface area contributed by atoms with Gasteiger partial charge in [-0.3, -0.25) is 34.2 Å². The van der Waals surface area contributed by atoms with Crippen LogP contribution in [0.3, 0.4) is 0 Å². The number of nitrogens with zero attached hydrogens (tertiary/aromatic N) is 6. The predicted octanol–water partition coefficient (Wildman–Crippen LogP) is 6.04. The van der Waals surface area contributed by atoms with Crippen molar-refractivity contribution in [3.8, 4) is 11.1 Å². The van der Waals surface area contributed by atoms with Crippen LogP contribution in [-0.2, 0) is 25.6 Å². The van der Waals surface area contributed by atoms with E-state index in [2.05, 4.69) is 51.2 Å². The first-order chi connectivity index (χ1) is 30.5. The molecule has 4 N–H and O–H groups in total. The van der Waals surface area contributed by atoms with E-state index in [1.165, 1.54) is 0 Å². The Morgan fingerprint density at radius 1 is 0.937 bits per heavy atom. The summed E-state index contributed by atoms with van der Waals surface area (Å²) in [7, 11) is 0. The number of Topliss-reactive ketones (excluding diaryl/α,β-unsaturated/α-hetero) is 1. The molecule has 0 bridgehead atoms. The predicted molar refractivity (Wildman–Crippen MR) is 231 cm³/mol. The molecular formula is C45H48N10O8. The summed E-state index contributed by atoms with van der Waals surface area (Å²) >= 11 is 0. The lowest BCUT2D eigenvalue weighted by molar-refractivity contribution is -0.136. The first-order valence-corrected chi connectivity index (χ1v) is 21.4. The van der Waals surface area contributed by atoms with Gasteiger partial charge >= 0.3 is 0 Å². The topological polar surface area (TPSA) is 229 Å². The number of aromatic nitrogens is 6. The Bertz CT molecular complexity index is 2800. The summed E-state index contributed by atoms with van der Waals surface area (Å²) in [4.78, 5) is 78.2. The van der Waals surface area contributed by atoms with Crippen molar-refractivity contribution in [2.45, 2.75) is 84.7 Å². The summed E-state index contributed by atoms with van der Waals surface area (Å²) in [6.45, 7) is 10.1. The molecule has 1 aliphatic carbocycles. The number of anilines is 3. The fourth-order valence-corrected chi connectivity index (χ4v) is 8.47. The maximum absolute atomic E-state index is 13.7. The molecule has 18 heteroatoms. The van der Waals surface area contributed by atoms with E-state index in [1.54, 1.807) is 18.2 Å². The number of aromatic amines is 1. The van der Waals surface area contributed by atoms with Crippen LogP contribution in [-0.4, -0.2) is 103 Å². The molecule has 4 amide bonds. The Morgan fingerprint density at radius 2 is 1.75 bits per heavy atom. The number of nitrogens with one attached hydrogen (secondary N) is 4. The number of hydrogen-bond donors (Lipinski definition) is 4. The van der Waals surface area contributed by atoms with E-state index in [0.29, 0.717) is 62.4 Å². The normalized spacial score (nSPS) is 16.4. The summed E-state index contributed by atoms with van der Waals surface area (Å²) in [5, 5.41) is 19.6. The standard InChI is InChI=1S/C45H48N10O8/c1-5-54-35(22-31(52-54)26-11-12-26)48-42-39-29-20-23(2)28(37-24(3)53-63-25(37)4)21-32(29)47-41(39)50-40(51-42)34(56)10-7-16-61-18-19-62-17-15-46-30-9-6-8-27-38(30)45(60)55(44(27)59)33-13-14-36(57)49-43(33)58/h6,8-9,20-22,26,33,46H,5,7,10-19H2,1-4H3,(H,49,57,58)(H2,47,48,50,51). The maximum Gasteiger partial charge on any atom is 0.264 e. The number of H-pyrrole nitrogens is 1. The molecular weight excluding hydrogens is 809 g/mol. The van der Waals surface area contributed by atoms with Gasteiger partial charge in [-0.1, -0.05) is 11.2 Å². The van der Waals surface area contributed by atoms with Crippen molar-refractivity contribution in [2.24, 2.45) is 0 Å². The fraction of sp³-hybridized carbons (Fsp3) is 0.400. The van der Waals surface area contributed by atoms with Gasteiger partial charge in [-0.25, -0.2) is 14.6 Å². The lowest BCUT2D eigenvalue weighted by Gasteiger charge is -2.27. The van der Waals surface area contributed by atoms with Crippen molar-refractivity contribution in [3.05, 3.63) is 76.1 Å². The lowest BCUT2D eigenvalue weighted by Crippen LogP contribution is -2.54. The summed E-state index contributed by atoms with van der Waals surface area (Å²) in [5.74, 6) is 0.177. The van der Waals surface area contributed by atoms with Crippen LogP contribution in [0, 0.1) is 20.8 Å². The Morgan fingerprint density at radius 3 is 2.49 bits per heavy atom. The third kappa shape index (κ3) is 8.07. The molecule has 63 heavy (non-hydrogen) atoms. The van der Waals surface area contributed by atoms with Crippen LogP contribution in [0.5, 0.6) is 0 Å². The molecule has 3 aliphatic rings. The molecule has 2 aliphatic heterocycles. The minimum absolute atomic E-state index is 0.0490. The Labute approximate surface area is 361 Å². The van der Waals surface area contributed by atoms with Crippen LogP contribution in [0.2, 0.25) is 0 Å². The number of ketones is 1. The highest BCUT2D eigenvalue weighted by Gasteiger charge is 2.45. The Kier molecular flexibility index (Phi) is 11.3. The first-order valence-electron chi connectivity index (χ1n) is 21.4. The molecule has 326 valence electrons. The van der Waals surface area contributed by atoms with Crippen LogP contribution in [0.4, 0.5) is 17.3 Å². The number of piperidine rings is 1. The molecule has 1 saturated heterocycles. The average molecular weight is 857 g/mol. The Hall–Kier alpha value is -6.79. The molecule has 2 aromatic carbocycles. The number of benzene rings is 2. The molecule has 4 aromatic heterocycles. The maximum atomic E-state index is 13.7. The van der Waals surface area contributed by atoms with Gasteiger partial charge in [-0.15, -0.1) is 0 Å². The number of hydrogen-bond acceptors (Lipinski definition) is 14. The Balaban J connectivity index is 0.803. The molecule has 18 nitrogen and oxygen atoms in total. The average Bonchev–Trinajstić information content (AvgIpc) is 3.72. The second kappa shape index (κ2) is 17.2. The number of fused-ring (bicyclic) bond motifs is 4. The highest BCUT2D eigenvalue weighted by atomic mass is 16.5. The zero-order valence-electron chi connectivity index (χ0n) is 35.6. The second-order valence-corrected chi connectivity index (χ2v) is 16.2. The molecule has 1 saturated carbocycles. The second-order valence-electron chi connectivity index (χ2n) is 16.2. The molecule has 2 fully saturated rings. The zero-order chi connectivity index (χ0) is 43.9. The van der Waals surface area contributed by atoms with E-state index >= 15 is 0 Å². The van der Waals surface area contributed by atoms with Crippen molar-refractivity contribution >= 4 is 68.7 Å². The number of carbonyl (C=O) groups excluding carboxylic acids is 5. The highest BCUT2D eigenvalue weighted by Crippen LogP contribution is 2.42. The summed E-state index contributed by atoms with van der Waals surface area (Å²) in [5.41, 5.74) is 7.06. The molecule has 1 unspecified atom stereocenters. The zero-order valence-corrected chi connectivity index (χ0v) is 35.6. The SMILES string of the molecule is CCn1nc(C2CC2)cc1Nc1nc(C(=O)CCCOCCOCCNc2cccc3c2C(=O)N(C2CCC(=O)NC2=O)C3=O)nc2[nH]c3cc(-c4c(C)noc4C)c(C)cc3c12. The van der Waals surface area contributed by atoms with Crippen molar-refractivity contribution in [3.63, 3.8) is 0 Å². The van der Waals surface area contributed by atoms with E-state index in [-0.39, 0.29) is 48.6 Å². The number of amides is 4. The monoisotopic (exact) mass is 856 g/mol. The van der Waals surface area contributed by atoms with Crippen molar-refractivity contribution < 1.29 is 38.0 Å². The van der Waals surface area contributed by atoms with Gasteiger partial charge in [0.1, 0.15) is 29.1 Å². The van der Waals surface area contributed by atoms with Gasteiger partial charge in [-0.05, 0) is 88.8 Å². The lowest BCUT2D eigenvalue weighted by atomic mass is 9.97. The number of aryl methyl sites for hydroxylation is 4. The minimum atomic E-state index is -1.04. The van der Waals surface area contributed by atoms with E-state index in [9.17, 15) is 24.0 Å². The third-order valence-electron chi connectivity index (χ3n) is 11.8. The third-order valence-corrected chi connectivity index (χ3v) is 11.8. The van der Waals surface area contributed by atoms with Gasteiger partial charge < -0.3 is 29.6 Å². The molecule has 6 aromatic rings. The van der Waals surface area contributed by atoms with Gasteiger partial charge in [0.15, 0.2) is 11.6 Å². The van der Waals surface area contributed by atoms with Gasteiger partial charge in [0.25, 0.3) is 11.8 Å². The fourth-order valence-electron chi connectivity index (χ4n) is 8.47. The van der Waals surface area contributed by atoms with Gasteiger partial charge in [0, 0.05) is 66.7 Å². The molecule has 0 radical (unpaired) electrons. The van der Waals surface area contributed by atoms with Crippen LogP contribution < -0.4 is 16.0 Å². The summed E-state index contributed by atoms with van der Waals surface area (Å²) in [6.07, 6.45) is 3.01. The van der Waals surface area contributed by atoms with E-state index in [1.807, 2.05) is 25.5 Å². The largest absolute Gasteiger partial charge is 0.382 e. The van der Waals surface area contributed by atoms with Crippen LogP contribution in [0.1, 0.15) is 105 Å². The molecule has 9 rings (SSSR count). The van der Waals surface area contributed by atoms with Crippen molar-refractivity contribution in [1.82, 2.24) is 40.1 Å². The number of ether oxygens (including phenoxy) is 2. The smallest absolute Gasteiger partial charge is 0.264 e. The first kappa shape index (κ1) is 41.6. The van der Waals surface area contributed by atoms with Gasteiger partial charge in [0.2, 0.25) is 11.8 Å². The van der Waals surface area contributed by atoms with E-state index in [0.717, 1.165) is 73.7 Å². The molecule has 6 heterocycles. The summed E-state index contributed by atoms with van der Waals surface area (Å²) in [6, 6.07) is 10.1. The van der Waals surface area contributed by atoms with E-state index in [4.69, 9.17) is 29.1 Å². The number of carbonyl (C=O) groups is 5. The van der Waals surface area contributed by atoms with Crippen molar-refractivity contribution in [1.29, 1.82) is 0 Å².